The van der Waals surface area contributed by atoms with E-state index in [2.05, 4.69) is 9.55 Å². The molecule has 0 N–H and O–H groups in total. The normalized spacial score (nSPS) is 19.3. The molecular weight excluding hydrogens is 490 g/mol. The fourth-order valence-corrected chi connectivity index (χ4v) is 5.61. The molecular formula is C26H25Cl2FN4O2. The summed E-state index contributed by atoms with van der Waals surface area (Å²) < 4.78 is 23.2. The van der Waals surface area contributed by atoms with Gasteiger partial charge in [0, 0.05) is 48.1 Å². The Balaban J connectivity index is 1.31. The smallest absolute Gasteiger partial charge is 0.261 e. The Morgan fingerprint density at radius 1 is 1.09 bits per heavy atom. The number of rotatable bonds is 5. The summed E-state index contributed by atoms with van der Waals surface area (Å²) in [5.74, 6) is 1.17. The molecule has 3 aromatic rings. The van der Waals surface area contributed by atoms with Gasteiger partial charge in [-0.15, -0.1) is 0 Å². The zero-order chi connectivity index (χ0) is 24.1. The van der Waals surface area contributed by atoms with Crippen LogP contribution in [-0.4, -0.2) is 38.5 Å². The Labute approximate surface area is 213 Å². The summed E-state index contributed by atoms with van der Waals surface area (Å²) in [6, 6.07) is 7.70. The number of aryl methyl sites for hydroxylation is 1. The third kappa shape index (κ3) is 4.29. The molecule has 1 atom stereocenters. The van der Waals surface area contributed by atoms with Gasteiger partial charge in [-0.3, -0.25) is 4.79 Å². The third-order valence-electron chi connectivity index (χ3n) is 7.11. The molecule has 3 aliphatic rings. The molecule has 1 unspecified atom stereocenters. The van der Waals surface area contributed by atoms with Crippen molar-refractivity contribution in [3.05, 3.63) is 74.8 Å². The number of carbonyl (C=O) groups excluding carboxylic acids is 1. The van der Waals surface area contributed by atoms with Gasteiger partial charge >= 0.3 is 0 Å². The molecule has 1 saturated carbocycles. The Morgan fingerprint density at radius 3 is 2.71 bits per heavy atom. The van der Waals surface area contributed by atoms with E-state index in [1.165, 1.54) is 6.07 Å². The molecule has 0 bridgehead atoms. The van der Waals surface area contributed by atoms with Crippen molar-refractivity contribution in [2.24, 2.45) is 0 Å². The van der Waals surface area contributed by atoms with E-state index in [9.17, 15) is 4.79 Å². The van der Waals surface area contributed by atoms with E-state index in [1.807, 2.05) is 6.07 Å². The molecule has 182 valence electrons. The zero-order valence-corrected chi connectivity index (χ0v) is 20.7. The van der Waals surface area contributed by atoms with Crippen LogP contribution in [0.1, 0.15) is 66.1 Å². The first kappa shape index (κ1) is 22.8. The Bertz CT molecular complexity index is 1310. The number of hydrogen-bond donors (Lipinski definition) is 0. The maximum Gasteiger partial charge on any atom is 0.261 e. The van der Waals surface area contributed by atoms with Crippen LogP contribution in [0.4, 0.5) is 4.39 Å². The lowest BCUT2D eigenvalue weighted by Crippen LogP contribution is -2.44. The summed E-state index contributed by atoms with van der Waals surface area (Å²) in [7, 11) is 0. The van der Waals surface area contributed by atoms with Gasteiger partial charge < -0.3 is 14.2 Å². The van der Waals surface area contributed by atoms with Crippen molar-refractivity contribution in [1.82, 2.24) is 19.4 Å². The van der Waals surface area contributed by atoms with E-state index in [-0.39, 0.29) is 17.7 Å². The van der Waals surface area contributed by atoms with Crippen LogP contribution in [0.25, 0.3) is 0 Å². The molecule has 1 aliphatic carbocycles. The van der Waals surface area contributed by atoms with Crippen molar-refractivity contribution in [3.8, 4) is 5.75 Å². The number of nitrogens with zero attached hydrogens (tertiary/aromatic N) is 4. The number of carbonyl (C=O) groups is 1. The molecule has 1 amide bonds. The number of imidazole rings is 1. The van der Waals surface area contributed by atoms with Crippen LogP contribution < -0.4 is 4.74 Å². The van der Waals surface area contributed by atoms with Crippen molar-refractivity contribution in [1.29, 1.82) is 0 Å². The van der Waals surface area contributed by atoms with Gasteiger partial charge in [-0.25, -0.2) is 14.4 Å². The summed E-state index contributed by atoms with van der Waals surface area (Å²) in [4.78, 5) is 24.5. The minimum absolute atomic E-state index is 0.216. The van der Waals surface area contributed by atoms with Crippen LogP contribution in [0.3, 0.4) is 0 Å². The fourth-order valence-electron chi connectivity index (χ4n) is 5.23. The molecule has 9 heteroatoms. The van der Waals surface area contributed by atoms with Crippen molar-refractivity contribution in [3.63, 3.8) is 0 Å². The van der Waals surface area contributed by atoms with E-state index in [0.717, 1.165) is 61.6 Å². The third-order valence-corrected chi connectivity index (χ3v) is 7.62. The molecule has 35 heavy (non-hydrogen) atoms. The second-order valence-corrected chi connectivity index (χ2v) is 10.3. The van der Waals surface area contributed by atoms with Gasteiger partial charge in [0.2, 0.25) is 0 Å². The second kappa shape index (κ2) is 9.10. The summed E-state index contributed by atoms with van der Waals surface area (Å²) in [6.07, 6.45) is 5.87. The number of halogens is 3. The first-order valence-electron chi connectivity index (χ1n) is 12.1. The van der Waals surface area contributed by atoms with Crippen LogP contribution in [-0.2, 0) is 24.2 Å². The molecule has 2 aromatic heterocycles. The van der Waals surface area contributed by atoms with E-state index < -0.39 is 11.9 Å². The maximum absolute atomic E-state index is 15.2. The van der Waals surface area contributed by atoms with Gasteiger partial charge in [0.25, 0.3) is 5.91 Å². The number of fused-ring (bicyclic) bond motifs is 3. The highest BCUT2D eigenvalue weighted by Gasteiger charge is 2.38. The number of pyridine rings is 1. The molecule has 6 rings (SSSR count). The highest BCUT2D eigenvalue weighted by Crippen LogP contribution is 2.41. The molecule has 0 radical (unpaired) electrons. The molecule has 0 saturated heterocycles. The van der Waals surface area contributed by atoms with E-state index in [0.29, 0.717) is 35.2 Å². The average molecular weight is 515 g/mol. The first-order valence-corrected chi connectivity index (χ1v) is 12.9. The van der Waals surface area contributed by atoms with Crippen LogP contribution in [0.5, 0.6) is 5.75 Å². The molecule has 0 spiro atoms. The molecule has 4 heterocycles. The van der Waals surface area contributed by atoms with Gasteiger partial charge in [-0.05, 0) is 49.9 Å². The number of aromatic nitrogens is 3. The standard InChI is InChI=1S/C26H25Cl2FN4O2/c27-16-6-7-17(18(29)13-16)24-25-20(30-22-3-1-2-11-32(22)25)10-12-33(24)23(34)14-35-21-9-8-19(15-4-5-15)31-26(21)28/h6-9,13,15,24H,1-5,10-12,14H2. The Morgan fingerprint density at radius 2 is 1.94 bits per heavy atom. The van der Waals surface area contributed by atoms with Gasteiger partial charge in [-0.2, -0.15) is 0 Å². The lowest BCUT2D eigenvalue weighted by atomic mass is 9.94. The van der Waals surface area contributed by atoms with E-state index in [1.54, 1.807) is 23.1 Å². The van der Waals surface area contributed by atoms with Crippen molar-refractivity contribution < 1.29 is 13.9 Å². The van der Waals surface area contributed by atoms with Crippen LogP contribution in [0.15, 0.2) is 30.3 Å². The summed E-state index contributed by atoms with van der Waals surface area (Å²) >= 11 is 12.4. The minimum Gasteiger partial charge on any atom is -0.481 e. The first-order chi connectivity index (χ1) is 17.0. The van der Waals surface area contributed by atoms with Gasteiger partial charge in [0.1, 0.15) is 17.7 Å². The topological polar surface area (TPSA) is 60.2 Å². The fraction of sp³-hybridized carbons (Fsp3) is 0.423. The highest BCUT2D eigenvalue weighted by molar-refractivity contribution is 6.31. The quantitative estimate of drug-likeness (QED) is 0.422. The average Bonchev–Trinajstić information content (AvgIpc) is 3.63. The zero-order valence-electron chi connectivity index (χ0n) is 19.1. The van der Waals surface area contributed by atoms with E-state index in [4.69, 9.17) is 32.9 Å². The van der Waals surface area contributed by atoms with Crippen LogP contribution >= 0.6 is 23.2 Å². The number of amides is 1. The van der Waals surface area contributed by atoms with Crippen LogP contribution in [0.2, 0.25) is 10.2 Å². The number of benzene rings is 1. The lowest BCUT2D eigenvalue weighted by molar-refractivity contribution is -0.135. The maximum atomic E-state index is 15.2. The molecule has 1 fully saturated rings. The highest BCUT2D eigenvalue weighted by atomic mass is 35.5. The summed E-state index contributed by atoms with van der Waals surface area (Å²) in [5.41, 5.74) is 3.20. The minimum atomic E-state index is -0.600. The predicted molar refractivity (Wildman–Crippen MR) is 131 cm³/mol. The largest absolute Gasteiger partial charge is 0.481 e. The SMILES string of the molecule is O=C(COc1ccc(C2CC2)nc1Cl)N1CCc2nc3n(c2C1c1ccc(Cl)cc1F)CCCC3. The molecule has 6 nitrogen and oxygen atoms in total. The van der Waals surface area contributed by atoms with E-state index >= 15 is 4.39 Å². The van der Waals surface area contributed by atoms with Gasteiger partial charge in [0.05, 0.1) is 11.4 Å². The summed E-state index contributed by atoms with van der Waals surface area (Å²) in [6.45, 7) is 1.02. The predicted octanol–water partition coefficient (Wildman–Crippen LogP) is 5.49. The monoisotopic (exact) mass is 514 g/mol. The van der Waals surface area contributed by atoms with Gasteiger partial charge in [0.15, 0.2) is 17.5 Å². The van der Waals surface area contributed by atoms with Crippen molar-refractivity contribution >= 4 is 29.1 Å². The number of ether oxygens (including phenoxy) is 1. The summed E-state index contributed by atoms with van der Waals surface area (Å²) in [5, 5.41) is 0.573. The Hall–Kier alpha value is -2.64. The van der Waals surface area contributed by atoms with Crippen molar-refractivity contribution in [2.45, 2.75) is 57.0 Å². The molecule has 2 aliphatic heterocycles. The van der Waals surface area contributed by atoms with Gasteiger partial charge in [-0.1, -0.05) is 29.3 Å². The molecule has 1 aromatic carbocycles. The number of hydrogen-bond acceptors (Lipinski definition) is 4. The van der Waals surface area contributed by atoms with Crippen molar-refractivity contribution in [2.75, 3.05) is 13.2 Å². The second-order valence-electron chi connectivity index (χ2n) is 9.46. The Kier molecular flexibility index (Phi) is 5.93. The van der Waals surface area contributed by atoms with Crippen LogP contribution in [0, 0.1) is 5.82 Å². The lowest BCUT2D eigenvalue weighted by Gasteiger charge is -2.37.